The maximum absolute atomic E-state index is 5.65. The summed E-state index contributed by atoms with van der Waals surface area (Å²) < 4.78 is 6.19. The van der Waals surface area contributed by atoms with E-state index >= 15 is 0 Å². The van der Waals surface area contributed by atoms with E-state index in [1.807, 2.05) is 0 Å². The molecule has 0 aromatic heterocycles. The summed E-state index contributed by atoms with van der Waals surface area (Å²) in [7, 11) is 0. The fraction of sp³-hybridized carbons (Fsp3) is 1.00. The lowest BCUT2D eigenvalue weighted by Gasteiger charge is -2.32. The van der Waals surface area contributed by atoms with Crippen molar-refractivity contribution in [1.82, 2.24) is 0 Å². The van der Waals surface area contributed by atoms with Gasteiger partial charge in [0.05, 0.1) is 9.53 Å². The van der Waals surface area contributed by atoms with Gasteiger partial charge < -0.3 is 4.74 Å². The monoisotopic (exact) mass is 252 g/mol. The number of fused-ring (bicyclic) bond motifs is 1. The minimum atomic E-state index is 0.538. The van der Waals surface area contributed by atoms with Crippen LogP contribution in [0.15, 0.2) is 0 Å². The molecule has 10 heavy (non-hydrogen) atoms. The van der Waals surface area contributed by atoms with E-state index < -0.39 is 0 Å². The minimum Gasteiger partial charge on any atom is -0.377 e. The molecule has 2 aliphatic rings. The minimum absolute atomic E-state index is 0.538. The first-order valence-corrected chi connectivity index (χ1v) is 5.20. The van der Waals surface area contributed by atoms with Crippen molar-refractivity contribution >= 4 is 22.6 Å². The number of hydrogen-bond acceptors (Lipinski definition) is 1. The molecule has 1 heterocycles. The van der Waals surface area contributed by atoms with Crippen LogP contribution in [0.25, 0.3) is 0 Å². The van der Waals surface area contributed by atoms with Gasteiger partial charge in [0.25, 0.3) is 0 Å². The predicted molar refractivity (Wildman–Crippen MR) is 49.6 cm³/mol. The Morgan fingerprint density at radius 1 is 1.30 bits per heavy atom. The molecule has 0 radical (unpaired) electrons. The van der Waals surface area contributed by atoms with Crippen LogP contribution in [0.2, 0.25) is 0 Å². The zero-order valence-corrected chi connectivity index (χ0v) is 8.26. The van der Waals surface area contributed by atoms with Gasteiger partial charge in [0, 0.05) is 6.61 Å². The molecular formula is C8H13IO. The number of hydrogen-bond donors (Lipinski definition) is 0. The second-order valence-corrected chi connectivity index (χ2v) is 5.54. The van der Waals surface area contributed by atoms with Crippen molar-refractivity contribution in [1.29, 1.82) is 0 Å². The highest BCUT2D eigenvalue weighted by molar-refractivity contribution is 14.1. The lowest BCUT2D eigenvalue weighted by Crippen LogP contribution is -2.34. The van der Waals surface area contributed by atoms with Crippen molar-refractivity contribution in [3.05, 3.63) is 0 Å². The molecule has 1 saturated heterocycles. The summed E-state index contributed by atoms with van der Waals surface area (Å²) in [4.78, 5) is 0. The molecule has 0 N–H and O–H groups in total. The Morgan fingerprint density at radius 3 is 3.00 bits per heavy atom. The van der Waals surface area contributed by atoms with Crippen molar-refractivity contribution in [2.45, 2.75) is 41.6 Å². The number of rotatable bonds is 0. The van der Waals surface area contributed by atoms with Crippen molar-refractivity contribution in [2.75, 3.05) is 6.61 Å². The second-order valence-electron chi connectivity index (χ2n) is 3.39. The van der Waals surface area contributed by atoms with Crippen molar-refractivity contribution in [3.63, 3.8) is 0 Å². The van der Waals surface area contributed by atoms with Crippen molar-refractivity contribution in [3.8, 4) is 0 Å². The van der Waals surface area contributed by atoms with Crippen molar-refractivity contribution < 1.29 is 4.74 Å². The van der Waals surface area contributed by atoms with Crippen LogP contribution >= 0.6 is 22.6 Å². The van der Waals surface area contributed by atoms with Gasteiger partial charge >= 0.3 is 0 Å². The highest BCUT2D eigenvalue weighted by Gasteiger charge is 2.42. The largest absolute Gasteiger partial charge is 0.377 e. The molecule has 0 amide bonds. The maximum Gasteiger partial charge on any atom is 0.0721 e. The van der Waals surface area contributed by atoms with E-state index in [0.29, 0.717) is 9.53 Å². The van der Waals surface area contributed by atoms with Crippen LogP contribution in [0.1, 0.15) is 32.1 Å². The summed E-state index contributed by atoms with van der Waals surface area (Å²) in [5, 5.41) is 0. The number of ether oxygens (including phenoxy) is 1. The Balaban J connectivity index is 2.10. The first kappa shape index (κ1) is 7.35. The van der Waals surface area contributed by atoms with Gasteiger partial charge in [-0.15, -0.1) is 0 Å². The Morgan fingerprint density at radius 2 is 2.20 bits per heavy atom. The summed E-state index contributed by atoms with van der Waals surface area (Å²) in [5.74, 6) is 0. The molecule has 0 aromatic carbocycles. The highest BCUT2D eigenvalue weighted by atomic mass is 127. The summed E-state index contributed by atoms with van der Waals surface area (Å²) in [6, 6.07) is 0. The molecule has 2 fully saturated rings. The van der Waals surface area contributed by atoms with Gasteiger partial charge in [-0.05, 0) is 19.3 Å². The van der Waals surface area contributed by atoms with E-state index in [9.17, 15) is 0 Å². The third-order valence-electron chi connectivity index (χ3n) is 2.72. The van der Waals surface area contributed by atoms with E-state index in [4.69, 9.17) is 4.74 Å². The topological polar surface area (TPSA) is 9.23 Å². The quantitative estimate of drug-likeness (QED) is 0.475. The molecule has 0 spiro atoms. The molecule has 1 nitrogen and oxygen atoms in total. The van der Waals surface area contributed by atoms with Gasteiger partial charge in [-0.3, -0.25) is 0 Å². The fourth-order valence-electron chi connectivity index (χ4n) is 2.06. The van der Waals surface area contributed by atoms with E-state index in [-0.39, 0.29) is 0 Å². The average Bonchev–Trinajstić information content (AvgIpc) is 2.29. The Labute approximate surface area is 75.7 Å². The van der Waals surface area contributed by atoms with Gasteiger partial charge in [0.2, 0.25) is 0 Å². The molecule has 58 valence electrons. The van der Waals surface area contributed by atoms with Crippen LogP contribution in [-0.2, 0) is 4.74 Å². The first-order chi connectivity index (χ1) is 4.81. The number of halogens is 1. The summed E-state index contributed by atoms with van der Waals surface area (Å²) >= 11 is 2.62. The summed E-state index contributed by atoms with van der Waals surface area (Å²) in [6.07, 6.45) is 7.39. The molecule has 0 bridgehead atoms. The predicted octanol–water partition coefficient (Wildman–Crippen LogP) is 2.52. The normalized spacial score (nSPS) is 47.1. The zero-order chi connectivity index (χ0) is 7.03. The SMILES string of the molecule is I[C@@]12CCCC[C@@H]1OCC2. The first-order valence-electron chi connectivity index (χ1n) is 4.12. The lowest BCUT2D eigenvalue weighted by atomic mass is 9.86. The van der Waals surface area contributed by atoms with E-state index in [2.05, 4.69) is 22.6 Å². The zero-order valence-electron chi connectivity index (χ0n) is 6.11. The van der Waals surface area contributed by atoms with Crippen LogP contribution in [0.3, 0.4) is 0 Å². The van der Waals surface area contributed by atoms with E-state index in [1.165, 1.54) is 32.1 Å². The van der Waals surface area contributed by atoms with Crippen LogP contribution in [-0.4, -0.2) is 16.1 Å². The Hall–Kier alpha value is 0.690. The molecule has 2 atom stereocenters. The molecule has 2 heteroatoms. The van der Waals surface area contributed by atoms with Gasteiger partial charge in [0.15, 0.2) is 0 Å². The second kappa shape index (κ2) is 2.63. The standard InChI is InChI=1S/C8H13IO/c9-8-4-2-1-3-7(8)10-6-5-8/h7H,1-6H2/t7-,8+/m0/s1. The van der Waals surface area contributed by atoms with Crippen LogP contribution in [0.4, 0.5) is 0 Å². The van der Waals surface area contributed by atoms with E-state index in [1.54, 1.807) is 0 Å². The molecule has 1 aliphatic carbocycles. The maximum atomic E-state index is 5.65. The number of alkyl halides is 1. The Bertz CT molecular complexity index is 137. The molecule has 2 rings (SSSR count). The summed E-state index contributed by atoms with van der Waals surface area (Å²) in [6.45, 7) is 1.01. The average molecular weight is 252 g/mol. The summed E-state index contributed by atoms with van der Waals surface area (Å²) in [5.41, 5.74) is 0. The molecule has 1 aliphatic heterocycles. The van der Waals surface area contributed by atoms with Gasteiger partial charge in [0.1, 0.15) is 0 Å². The Kier molecular flexibility index (Phi) is 1.93. The van der Waals surface area contributed by atoms with Crippen LogP contribution < -0.4 is 0 Å². The molecule has 0 unspecified atom stereocenters. The van der Waals surface area contributed by atoms with Gasteiger partial charge in [-0.2, -0.15) is 0 Å². The lowest BCUT2D eigenvalue weighted by molar-refractivity contribution is 0.0794. The molecule has 0 aromatic rings. The van der Waals surface area contributed by atoms with Gasteiger partial charge in [-0.1, -0.05) is 35.4 Å². The smallest absolute Gasteiger partial charge is 0.0721 e. The third-order valence-corrected chi connectivity index (χ3v) is 4.50. The molecular weight excluding hydrogens is 239 g/mol. The van der Waals surface area contributed by atoms with E-state index in [0.717, 1.165) is 6.61 Å². The highest BCUT2D eigenvalue weighted by Crippen LogP contribution is 2.44. The third kappa shape index (κ3) is 1.09. The fourth-order valence-corrected chi connectivity index (χ4v) is 3.15. The van der Waals surface area contributed by atoms with Crippen LogP contribution in [0.5, 0.6) is 0 Å². The van der Waals surface area contributed by atoms with Crippen LogP contribution in [0, 0.1) is 0 Å². The van der Waals surface area contributed by atoms with Crippen molar-refractivity contribution in [2.24, 2.45) is 0 Å². The molecule has 1 saturated carbocycles. The van der Waals surface area contributed by atoms with Gasteiger partial charge in [-0.25, -0.2) is 0 Å².